The lowest BCUT2D eigenvalue weighted by atomic mass is 10.1. The molecule has 0 spiro atoms. The summed E-state index contributed by atoms with van der Waals surface area (Å²) < 4.78 is 0. The maximum absolute atomic E-state index is 11.7. The average molecular weight is 239 g/mol. The predicted molar refractivity (Wildman–Crippen MR) is 70.2 cm³/mol. The summed E-state index contributed by atoms with van der Waals surface area (Å²) in [6.07, 6.45) is 1.63. The molecule has 3 heteroatoms. The molecule has 2 nitrogen and oxygen atoms in total. The lowest BCUT2D eigenvalue weighted by Crippen LogP contribution is -2.24. The van der Waals surface area contributed by atoms with E-state index >= 15 is 0 Å². The van der Waals surface area contributed by atoms with Crippen molar-refractivity contribution in [1.82, 2.24) is 4.90 Å². The number of thiophene rings is 1. The van der Waals surface area contributed by atoms with Crippen LogP contribution in [0, 0.1) is 5.92 Å². The van der Waals surface area contributed by atoms with Crippen molar-refractivity contribution >= 4 is 17.1 Å². The van der Waals surface area contributed by atoms with Crippen molar-refractivity contribution in [2.75, 3.05) is 20.1 Å². The molecule has 0 unspecified atom stereocenters. The lowest BCUT2D eigenvalue weighted by molar-refractivity contribution is 0.0979. The zero-order chi connectivity index (χ0) is 12.0. The molecular weight excluding hydrogens is 218 g/mol. The van der Waals surface area contributed by atoms with Crippen molar-refractivity contribution in [2.45, 2.75) is 26.7 Å². The van der Waals surface area contributed by atoms with E-state index in [0.717, 1.165) is 24.4 Å². The van der Waals surface area contributed by atoms with Gasteiger partial charge in [-0.25, -0.2) is 0 Å². The standard InChI is InChI=1S/C13H21NOS/c1-11(2)10-14(3)8-4-6-12(15)13-7-5-9-16-13/h5,7,9,11H,4,6,8,10H2,1-3H3. The van der Waals surface area contributed by atoms with Gasteiger partial charge in [-0.2, -0.15) is 0 Å². The quantitative estimate of drug-likeness (QED) is 0.680. The maximum atomic E-state index is 11.7. The molecule has 1 aromatic heterocycles. The Hall–Kier alpha value is -0.670. The zero-order valence-electron chi connectivity index (χ0n) is 10.4. The fraction of sp³-hybridized carbons (Fsp3) is 0.615. The second-order valence-corrected chi connectivity index (χ2v) is 5.61. The maximum Gasteiger partial charge on any atom is 0.172 e. The van der Waals surface area contributed by atoms with Gasteiger partial charge in [0, 0.05) is 13.0 Å². The molecule has 90 valence electrons. The summed E-state index contributed by atoms with van der Waals surface area (Å²) in [6.45, 7) is 6.54. The van der Waals surface area contributed by atoms with E-state index in [4.69, 9.17) is 0 Å². The normalized spacial score (nSPS) is 11.3. The van der Waals surface area contributed by atoms with Gasteiger partial charge in [0.25, 0.3) is 0 Å². The fourth-order valence-corrected chi connectivity index (χ4v) is 2.48. The van der Waals surface area contributed by atoms with Crippen molar-refractivity contribution in [3.63, 3.8) is 0 Å². The third kappa shape index (κ3) is 4.90. The summed E-state index contributed by atoms with van der Waals surface area (Å²) in [7, 11) is 2.12. The summed E-state index contributed by atoms with van der Waals surface area (Å²) in [6, 6.07) is 3.84. The molecule has 0 saturated carbocycles. The molecular formula is C13H21NOS. The molecule has 0 aliphatic rings. The molecule has 0 bridgehead atoms. The number of rotatable bonds is 7. The van der Waals surface area contributed by atoms with Crippen LogP contribution in [-0.2, 0) is 0 Å². The van der Waals surface area contributed by atoms with E-state index in [-0.39, 0.29) is 5.78 Å². The highest BCUT2D eigenvalue weighted by atomic mass is 32.1. The van der Waals surface area contributed by atoms with Crippen LogP contribution in [-0.4, -0.2) is 30.8 Å². The van der Waals surface area contributed by atoms with Crippen molar-refractivity contribution in [2.24, 2.45) is 5.92 Å². The zero-order valence-corrected chi connectivity index (χ0v) is 11.2. The van der Waals surface area contributed by atoms with Gasteiger partial charge in [0.2, 0.25) is 0 Å². The molecule has 1 rings (SSSR count). The van der Waals surface area contributed by atoms with Gasteiger partial charge < -0.3 is 4.90 Å². The SMILES string of the molecule is CC(C)CN(C)CCCC(=O)c1cccs1. The lowest BCUT2D eigenvalue weighted by Gasteiger charge is -2.18. The molecule has 1 heterocycles. The smallest absolute Gasteiger partial charge is 0.172 e. The van der Waals surface area contributed by atoms with Crippen molar-refractivity contribution in [3.05, 3.63) is 22.4 Å². The second kappa shape index (κ2) is 6.81. The molecule has 0 fully saturated rings. The van der Waals surface area contributed by atoms with Crippen LogP contribution < -0.4 is 0 Å². The minimum absolute atomic E-state index is 0.285. The van der Waals surface area contributed by atoms with Gasteiger partial charge in [-0.15, -0.1) is 11.3 Å². The monoisotopic (exact) mass is 239 g/mol. The van der Waals surface area contributed by atoms with Crippen LogP contribution in [0.5, 0.6) is 0 Å². The third-order valence-corrected chi connectivity index (χ3v) is 3.33. The van der Waals surface area contributed by atoms with Gasteiger partial charge in [0.05, 0.1) is 4.88 Å². The summed E-state index contributed by atoms with van der Waals surface area (Å²) in [5, 5.41) is 1.96. The highest BCUT2D eigenvalue weighted by Crippen LogP contribution is 2.12. The van der Waals surface area contributed by atoms with E-state index < -0.39 is 0 Å². The molecule has 0 aliphatic heterocycles. The third-order valence-electron chi connectivity index (χ3n) is 2.42. The van der Waals surface area contributed by atoms with E-state index in [1.165, 1.54) is 11.3 Å². The Morgan fingerprint density at radius 3 is 2.81 bits per heavy atom. The van der Waals surface area contributed by atoms with Crippen molar-refractivity contribution in [3.8, 4) is 0 Å². The van der Waals surface area contributed by atoms with E-state index in [0.29, 0.717) is 12.3 Å². The summed E-state index contributed by atoms with van der Waals surface area (Å²) >= 11 is 1.54. The molecule has 16 heavy (non-hydrogen) atoms. The topological polar surface area (TPSA) is 20.3 Å². The van der Waals surface area contributed by atoms with Crippen LogP contribution in [0.15, 0.2) is 17.5 Å². The Morgan fingerprint density at radius 2 is 2.25 bits per heavy atom. The Bertz CT molecular complexity index is 306. The number of carbonyl (C=O) groups excluding carboxylic acids is 1. The van der Waals surface area contributed by atoms with Crippen molar-refractivity contribution in [1.29, 1.82) is 0 Å². The van der Waals surface area contributed by atoms with Crippen LogP contribution >= 0.6 is 11.3 Å². The average Bonchev–Trinajstić information content (AvgIpc) is 2.68. The molecule has 0 saturated heterocycles. The van der Waals surface area contributed by atoms with Crippen LogP contribution in [0.1, 0.15) is 36.4 Å². The number of nitrogens with zero attached hydrogens (tertiary/aromatic N) is 1. The summed E-state index contributed by atoms with van der Waals surface area (Å²) in [5.41, 5.74) is 0. The van der Waals surface area contributed by atoms with E-state index in [9.17, 15) is 4.79 Å². The Balaban J connectivity index is 2.18. The predicted octanol–water partition coefficient (Wildman–Crippen LogP) is 3.30. The van der Waals surface area contributed by atoms with E-state index in [1.807, 2.05) is 17.5 Å². The molecule has 0 radical (unpaired) electrons. The molecule has 0 amide bonds. The highest BCUT2D eigenvalue weighted by molar-refractivity contribution is 7.12. The molecule has 1 aromatic rings. The molecule has 0 atom stereocenters. The van der Waals surface area contributed by atoms with Gasteiger partial charge in [-0.3, -0.25) is 4.79 Å². The van der Waals surface area contributed by atoms with Crippen molar-refractivity contribution < 1.29 is 4.79 Å². The van der Waals surface area contributed by atoms with Gasteiger partial charge in [-0.1, -0.05) is 19.9 Å². The van der Waals surface area contributed by atoms with E-state index in [2.05, 4.69) is 25.8 Å². The second-order valence-electron chi connectivity index (χ2n) is 4.66. The highest BCUT2D eigenvalue weighted by Gasteiger charge is 2.07. The fourth-order valence-electron chi connectivity index (χ4n) is 1.78. The minimum atomic E-state index is 0.285. The Labute approximate surface area is 102 Å². The largest absolute Gasteiger partial charge is 0.306 e. The number of hydrogen-bond donors (Lipinski definition) is 0. The van der Waals surface area contributed by atoms with Crippen LogP contribution in [0.4, 0.5) is 0 Å². The first-order valence-electron chi connectivity index (χ1n) is 5.85. The molecule has 0 aliphatic carbocycles. The summed E-state index contributed by atoms with van der Waals surface area (Å²) in [5.74, 6) is 0.978. The van der Waals surface area contributed by atoms with Gasteiger partial charge in [-0.05, 0) is 37.4 Å². The number of carbonyl (C=O) groups is 1. The Morgan fingerprint density at radius 1 is 1.50 bits per heavy atom. The van der Waals surface area contributed by atoms with E-state index in [1.54, 1.807) is 0 Å². The summed E-state index contributed by atoms with van der Waals surface area (Å²) in [4.78, 5) is 14.9. The number of hydrogen-bond acceptors (Lipinski definition) is 3. The molecule has 0 aromatic carbocycles. The van der Waals surface area contributed by atoms with Gasteiger partial charge >= 0.3 is 0 Å². The Kier molecular flexibility index (Phi) is 5.71. The first-order chi connectivity index (χ1) is 7.59. The van der Waals surface area contributed by atoms with Crippen LogP contribution in [0.25, 0.3) is 0 Å². The number of Topliss-reactive ketones (excluding diaryl/α,β-unsaturated/α-hetero) is 1. The van der Waals surface area contributed by atoms with Gasteiger partial charge in [0.15, 0.2) is 5.78 Å². The van der Waals surface area contributed by atoms with Crippen LogP contribution in [0.3, 0.4) is 0 Å². The van der Waals surface area contributed by atoms with Crippen LogP contribution in [0.2, 0.25) is 0 Å². The first kappa shape index (κ1) is 13.4. The first-order valence-corrected chi connectivity index (χ1v) is 6.73. The molecule has 0 N–H and O–H groups in total. The van der Waals surface area contributed by atoms with Gasteiger partial charge in [0.1, 0.15) is 0 Å². The minimum Gasteiger partial charge on any atom is -0.306 e. The number of ketones is 1.